The molecule has 0 saturated carbocycles. The molecule has 2 heterocycles. The van der Waals surface area contributed by atoms with Crippen LogP contribution in [-0.4, -0.2) is 58.5 Å². The molecule has 0 aromatic heterocycles. The number of ether oxygens (including phenoxy) is 1. The van der Waals surface area contributed by atoms with Gasteiger partial charge in [-0.25, -0.2) is 8.42 Å². The zero-order valence-corrected chi connectivity index (χ0v) is 17.2. The lowest BCUT2D eigenvalue weighted by Gasteiger charge is -2.27. The molecule has 152 valence electrons. The molecule has 2 saturated heterocycles. The van der Waals surface area contributed by atoms with E-state index in [0.717, 1.165) is 38.8 Å². The summed E-state index contributed by atoms with van der Waals surface area (Å²) in [5.41, 5.74) is 0.339. The highest BCUT2D eigenvalue weighted by Gasteiger charge is 2.29. The molecule has 1 aromatic rings. The fourth-order valence-corrected chi connectivity index (χ4v) is 4.97. The fraction of sp³-hybridized carbons (Fsp3) is 0.611. The molecule has 2 fully saturated rings. The number of amides is 1. The number of nitrogens with zero attached hydrogens (tertiary/aromatic N) is 1. The van der Waals surface area contributed by atoms with Crippen LogP contribution in [0.5, 0.6) is 5.75 Å². The van der Waals surface area contributed by atoms with Crippen LogP contribution in [0, 0.1) is 5.92 Å². The summed E-state index contributed by atoms with van der Waals surface area (Å²) < 4.78 is 33.0. The highest BCUT2D eigenvalue weighted by molar-refractivity contribution is 7.89. The van der Waals surface area contributed by atoms with E-state index in [4.69, 9.17) is 4.74 Å². The average molecular weight is 418 g/mol. The van der Waals surface area contributed by atoms with E-state index in [1.165, 1.54) is 17.5 Å². The molecule has 9 heteroatoms. The Balaban J connectivity index is 0.00000261. The van der Waals surface area contributed by atoms with Crippen molar-refractivity contribution >= 4 is 28.3 Å². The van der Waals surface area contributed by atoms with Gasteiger partial charge in [0, 0.05) is 44.2 Å². The Morgan fingerprint density at radius 2 is 1.89 bits per heavy atom. The predicted molar refractivity (Wildman–Crippen MR) is 106 cm³/mol. The number of nitrogens with one attached hydrogen (secondary N) is 2. The maximum Gasteiger partial charge on any atom is 0.251 e. The molecule has 3 rings (SSSR count). The summed E-state index contributed by atoms with van der Waals surface area (Å²) in [6.45, 7) is 3.41. The van der Waals surface area contributed by atoms with Gasteiger partial charge in [-0.15, -0.1) is 12.4 Å². The van der Waals surface area contributed by atoms with Crippen LogP contribution >= 0.6 is 12.4 Å². The number of carbonyl (C=O) groups excluding carboxylic acids is 1. The Hall–Kier alpha value is -1.35. The van der Waals surface area contributed by atoms with Crippen molar-refractivity contribution in [1.29, 1.82) is 0 Å². The minimum absolute atomic E-state index is 0. The number of halogens is 1. The van der Waals surface area contributed by atoms with Gasteiger partial charge >= 0.3 is 0 Å². The number of hydrogen-bond acceptors (Lipinski definition) is 5. The zero-order chi connectivity index (χ0) is 18.6. The van der Waals surface area contributed by atoms with Gasteiger partial charge in [-0.05, 0) is 31.0 Å². The zero-order valence-electron chi connectivity index (χ0n) is 15.6. The second kappa shape index (κ2) is 9.73. The van der Waals surface area contributed by atoms with Crippen molar-refractivity contribution in [2.24, 2.45) is 5.92 Å². The summed E-state index contributed by atoms with van der Waals surface area (Å²) in [7, 11) is -2.25. The van der Waals surface area contributed by atoms with Crippen LogP contribution in [-0.2, 0) is 10.0 Å². The molecule has 2 N–H and O–H groups in total. The smallest absolute Gasteiger partial charge is 0.251 e. The Morgan fingerprint density at radius 3 is 2.44 bits per heavy atom. The summed E-state index contributed by atoms with van der Waals surface area (Å²) in [4.78, 5) is 12.5. The van der Waals surface area contributed by atoms with E-state index in [0.29, 0.717) is 31.1 Å². The molecule has 27 heavy (non-hydrogen) atoms. The molecule has 0 bridgehead atoms. The summed E-state index contributed by atoms with van der Waals surface area (Å²) in [6, 6.07) is 4.60. The quantitative estimate of drug-likeness (QED) is 0.734. The molecule has 1 amide bonds. The molecule has 2 aliphatic heterocycles. The van der Waals surface area contributed by atoms with Gasteiger partial charge in [-0.3, -0.25) is 4.79 Å². The Morgan fingerprint density at radius 1 is 1.22 bits per heavy atom. The van der Waals surface area contributed by atoms with Crippen molar-refractivity contribution in [2.75, 3.05) is 39.8 Å². The lowest BCUT2D eigenvalue weighted by molar-refractivity contribution is 0.0942. The second-order valence-electron chi connectivity index (χ2n) is 6.92. The Labute approximate surface area is 167 Å². The van der Waals surface area contributed by atoms with Crippen LogP contribution in [0.15, 0.2) is 23.1 Å². The minimum atomic E-state index is -3.69. The van der Waals surface area contributed by atoms with Crippen molar-refractivity contribution in [3.05, 3.63) is 23.8 Å². The van der Waals surface area contributed by atoms with Gasteiger partial charge in [0.25, 0.3) is 5.91 Å². The molecular weight excluding hydrogens is 390 g/mol. The van der Waals surface area contributed by atoms with E-state index in [9.17, 15) is 13.2 Å². The maximum absolute atomic E-state index is 13.1. The summed E-state index contributed by atoms with van der Waals surface area (Å²) in [5.74, 6) is 0.457. The number of carbonyl (C=O) groups is 1. The number of hydrogen-bond donors (Lipinski definition) is 2. The molecular formula is C18H28ClN3O4S. The number of sulfonamides is 1. The molecule has 0 aliphatic carbocycles. The van der Waals surface area contributed by atoms with E-state index in [-0.39, 0.29) is 29.0 Å². The number of rotatable bonds is 6. The first-order valence-electron chi connectivity index (χ1n) is 9.19. The first-order valence-corrected chi connectivity index (χ1v) is 10.6. The van der Waals surface area contributed by atoms with Crippen LogP contribution in [0.1, 0.15) is 36.0 Å². The van der Waals surface area contributed by atoms with Crippen molar-refractivity contribution in [3.63, 3.8) is 0 Å². The van der Waals surface area contributed by atoms with Crippen molar-refractivity contribution < 1.29 is 17.9 Å². The number of benzene rings is 1. The molecule has 0 atom stereocenters. The Bertz CT molecular complexity index is 745. The highest BCUT2D eigenvalue weighted by Crippen LogP contribution is 2.29. The van der Waals surface area contributed by atoms with Gasteiger partial charge in [-0.1, -0.05) is 12.8 Å². The van der Waals surface area contributed by atoms with Gasteiger partial charge in [-0.2, -0.15) is 4.31 Å². The standard InChI is InChI=1S/C18H27N3O4S.ClH/c1-25-16-7-6-15(18(22)20-13-14-11-19-12-14)10-17(16)26(23,24)21-8-4-2-3-5-9-21;/h6-7,10,14,19H,2-5,8-9,11-13H2,1H3,(H,20,22);1H. The molecule has 0 spiro atoms. The Kier molecular flexibility index (Phi) is 7.91. The molecule has 2 aliphatic rings. The van der Waals surface area contributed by atoms with Crippen LogP contribution in [0.25, 0.3) is 0 Å². The fourth-order valence-electron chi connectivity index (χ4n) is 3.27. The van der Waals surface area contributed by atoms with Crippen LogP contribution in [0.2, 0.25) is 0 Å². The first kappa shape index (κ1) is 21.9. The summed E-state index contributed by atoms with van der Waals surface area (Å²) >= 11 is 0. The van der Waals surface area contributed by atoms with E-state index in [1.807, 2.05) is 0 Å². The first-order chi connectivity index (χ1) is 12.5. The monoisotopic (exact) mass is 417 g/mol. The van der Waals surface area contributed by atoms with Crippen molar-refractivity contribution in [2.45, 2.75) is 30.6 Å². The third-order valence-electron chi connectivity index (χ3n) is 5.03. The van der Waals surface area contributed by atoms with Crippen molar-refractivity contribution in [1.82, 2.24) is 14.9 Å². The van der Waals surface area contributed by atoms with Crippen LogP contribution in [0.3, 0.4) is 0 Å². The molecule has 1 aromatic carbocycles. The molecule has 0 unspecified atom stereocenters. The normalized spacial score (nSPS) is 18.7. The van der Waals surface area contributed by atoms with Gasteiger partial charge in [0.2, 0.25) is 10.0 Å². The van der Waals surface area contributed by atoms with Gasteiger partial charge in [0.15, 0.2) is 0 Å². The van der Waals surface area contributed by atoms with Gasteiger partial charge < -0.3 is 15.4 Å². The van der Waals surface area contributed by atoms with Crippen LogP contribution in [0.4, 0.5) is 0 Å². The summed E-state index contributed by atoms with van der Waals surface area (Å²) in [6.07, 6.45) is 3.80. The van der Waals surface area contributed by atoms with Gasteiger partial charge in [0.05, 0.1) is 7.11 Å². The van der Waals surface area contributed by atoms with E-state index in [1.54, 1.807) is 12.1 Å². The third kappa shape index (κ3) is 5.13. The maximum atomic E-state index is 13.1. The third-order valence-corrected chi connectivity index (χ3v) is 6.95. The highest BCUT2D eigenvalue weighted by atomic mass is 35.5. The van der Waals surface area contributed by atoms with Crippen molar-refractivity contribution in [3.8, 4) is 5.75 Å². The largest absolute Gasteiger partial charge is 0.495 e. The average Bonchev–Trinajstić information content (AvgIpc) is 2.89. The minimum Gasteiger partial charge on any atom is -0.495 e. The molecule has 7 nitrogen and oxygen atoms in total. The van der Waals surface area contributed by atoms with E-state index in [2.05, 4.69) is 10.6 Å². The van der Waals surface area contributed by atoms with Crippen LogP contribution < -0.4 is 15.4 Å². The van der Waals surface area contributed by atoms with E-state index >= 15 is 0 Å². The predicted octanol–water partition coefficient (Wildman–Crippen LogP) is 1.63. The SMILES string of the molecule is COc1ccc(C(=O)NCC2CNC2)cc1S(=O)(=O)N1CCCCCC1.Cl. The van der Waals surface area contributed by atoms with E-state index < -0.39 is 10.0 Å². The second-order valence-corrected chi connectivity index (χ2v) is 8.82. The number of methoxy groups -OCH3 is 1. The molecule has 0 radical (unpaired) electrons. The lowest BCUT2D eigenvalue weighted by Crippen LogP contribution is -2.48. The summed E-state index contributed by atoms with van der Waals surface area (Å²) in [5, 5.41) is 6.04. The topological polar surface area (TPSA) is 87.7 Å². The lowest BCUT2D eigenvalue weighted by atomic mass is 10.0. The van der Waals surface area contributed by atoms with Gasteiger partial charge in [0.1, 0.15) is 10.6 Å².